The normalized spacial score (nSPS) is 10.3. The molecule has 0 aliphatic heterocycles. The lowest BCUT2D eigenvalue weighted by Crippen LogP contribution is -2.35. The molecular formula is C20H24N2O2. The molecule has 2 N–H and O–H groups in total. The zero-order chi connectivity index (χ0) is 17.7. The number of rotatable bonds is 4. The number of benzene rings is 2. The van der Waals surface area contributed by atoms with E-state index in [0.29, 0.717) is 12.2 Å². The van der Waals surface area contributed by atoms with Crippen LogP contribution in [-0.4, -0.2) is 11.8 Å². The Balaban J connectivity index is 1.96. The van der Waals surface area contributed by atoms with Crippen molar-refractivity contribution in [3.05, 3.63) is 64.2 Å². The highest BCUT2D eigenvalue weighted by Gasteiger charge is 2.15. The molecule has 0 spiro atoms. The van der Waals surface area contributed by atoms with E-state index in [1.54, 1.807) is 0 Å². The molecule has 0 radical (unpaired) electrons. The predicted molar refractivity (Wildman–Crippen MR) is 96.9 cm³/mol. The molecule has 0 fully saturated rings. The van der Waals surface area contributed by atoms with Gasteiger partial charge in [-0.25, -0.2) is 0 Å². The molecule has 2 aromatic rings. The minimum atomic E-state index is -0.643. The van der Waals surface area contributed by atoms with E-state index in [-0.39, 0.29) is 0 Å². The van der Waals surface area contributed by atoms with Gasteiger partial charge in [0.15, 0.2) is 0 Å². The Morgan fingerprint density at radius 1 is 0.875 bits per heavy atom. The first-order valence-electron chi connectivity index (χ1n) is 8.15. The van der Waals surface area contributed by atoms with Crippen LogP contribution in [0.1, 0.15) is 34.7 Å². The van der Waals surface area contributed by atoms with Crippen LogP contribution in [0, 0.1) is 20.8 Å². The average Bonchev–Trinajstić information content (AvgIpc) is 2.56. The summed E-state index contributed by atoms with van der Waals surface area (Å²) in [6.45, 7) is 8.27. The lowest BCUT2D eigenvalue weighted by Gasteiger charge is -2.13. The number of carbonyl (C=O) groups is 2. The molecule has 0 saturated carbocycles. The molecule has 4 heteroatoms. The van der Waals surface area contributed by atoms with Crippen LogP contribution in [0.3, 0.4) is 0 Å². The third-order valence-electron chi connectivity index (χ3n) is 4.01. The van der Waals surface area contributed by atoms with Gasteiger partial charge in [0, 0.05) is 12.2 Å². The topological polar surface area (TPSA) is 58.2 Å². The van der Waals surface area contributed by atoms with Crippen LogP contribution in [0.5, 0.6) is 0 Å². The molecule has 0 aliphatic carbocycles. The second-order valence-corrected chi connectivity index (χ2v) is 6.08. The molecule has 0 atom stereocenters. The molecule has 2 amide bonds. The number of hydrogen-bond donors (Lipinski definition) is 2. The fourth-order valence-electron chi connectivity index (χ4n) is 2.70. The summed E-state index contributed by atoms with van der Waals surface area (Å²) in [7, 11) is 0. The van der Waals surface area contributed by atoms with Crippen LogP contribution in [0.25, 0.3) is 0 Å². The van der Waals surface area contributed by atoms with E-state index in [1.165, 1.54) is 5.56 Å². The van der Waals surface area contributed by atoms with Crippen LogP contribution < -0.4 is 10.6 Å². The second-order valence-electron chi connectivity index (χ2n) is 6.08. The maximum Gasteiger partial charge on any atom is 0.313 e. The minimum absolute atomic E-state index is 0.335. The maximum atomic E-state index is 12.1. The summed E-state index contributed by atoms with van der Waals surface area (Å²) in [5, 5.41) is 5.36. The summed E-state index contributed by atoms with van der Waals surface area (Å²) in [5.41, 5.74) is 5.94. The van der Waals surface area contributed by atoms with E-state index < -0.39 is 11.8 Å². The van der Waals surface area contributed by atoms with Crippen LogP contribution in [0.2, 0.25) is 0 Å². The number of carbonyl (C=O) groups excluding carboxylic acids is 2. The first-order valence-corrected chi connectivity index (χ1v) is 8.15. The fourth-order valence-corrected chi connectivity index (χ4v) is 2.70. The lowest BCUT2D eigenvalue weighted by atomic mass is 10.1. The molecule has 0 heterocycles. The summed E-state index contributed by atoms with van der Waals surface area (Å²) in [5.74, 6) is -1.27. The van der Waals surface area contributed by atoms with Gasteiger partial charge in [-0.15, -0.1) is 0 Å². The Hall–Kier alpha value is -2.62. The molecule has 24 heavy (non-hydrogen) atoms. The quantitative estimate of drug-likeness (QED) is 0.847. The van der Waals surface area contributed by atoms with E-state index in [0.717, 1.165) is 28.7 Å². The minimum Gasteiger partial charge on any atom is -0.344 e. The molecule has 0 aliphatic rings. The number of nitrogens with one attached hydrogen (secondary N) is 2. The standard InChI is InChI=1S/C20H24N2O2/c1-5-16-6-8-17(9-7-16)12-21-19(23)20(24)22-18-14(3)10-13(2)11-15(18)4/h6-11H,5,12H2,1-4H3,(H,21,23)(H,22,24). The summed E-state index contributed by atoms with van der Waals surface area (Å²) < 4.78 is 0. The Morgan fingerprint density at radius 3 is 1.96 bits per heavy atom. The van der Waals surface area contributed by atoms with Crippen molar-refractivity contribution in [1.29, 1.82) is 0 Å². The summed E-state index contributed by atoms with van der Waals surface area (Å²) in [6, 6.07) is 11.9. The van der Waals surface area contributed by atoms with E-state index in [2.05, 4.69) is 17.6 Å². The Bertz CT molecular complexity index is 726. The van der Waals surface area contributed by atoms with Crippen molar-refractivity contribution in [2.75, 3.05) is 5.32 Å². The Labute approximate surface area is 143 Å². The maximum absolute atomic E-state index is 12.1. The number of amides is 2. The van der Waals surface area contributed by atoms with Crippen molar-refractivity contribution in [1.82, 2.24) is 5.32 Å². The lowest BCUT2D eigenvalue weighted by molar-refractivity contribution is -0.136. The van der Waals surface area contributed by atoms with Gasteiger partial charge in [0.2, 0.25) is 0 Å². The average molecular weight is 324 g/mol. The molecule has 0 unspecified atom stereocenters. The zero-order valence-corrected chi connectivity index (χ0v) is 14.7. The van der Waals surface area contributed by atoms with Crippen molar-refractivity contribution in [2.24, 2.45) is 0 Å². The Morgan fingerprint density at radius 2 is 1.42 bits per heavy atom. The highest BCUT2D eigenvalue weighted by molar-refractivity contribution is 6.39. The number of anilines is 1. The van der Waals surface area contributed by atoms with Crippen molar-refractivity contribution >= 4 is 17.5 Å². The first-order chi connectivity index (χ1) is 11.4. The second kappa shape index (κ2) is 7.77. The van der Waals surface area contributed by atoms with Gasteiger partial charge in [-0.2, -0.15) is 0 Å². The van der Waals surface area contributed by atoms with Crippen molar-refractivity contribution in [3.8, 4) is 0 Å². The van der Waals surface area contributed by atoms with Gasteiger partial charge in [0.25, 0.3) is 0 Å². The molecule has 2 rings (SSSR count). The largest absolute Gasteiger partial charge is 0.344 e. The zero-order valence-electron chi connectivity index (χ0n) is 14.7. The van der Waals surface area contributed by atoms with E-state index in [9.17, 15) is 9.59 Å². The monoisotopic (exact) mass is 324 g/mol. The molecular weight excluding hydrogens is 300 g/mol. The molecule has 126 valence electrons. The first kappa shape index (κ1) is 17.7. The van der Waals surface area contributed by atoms with Gasteiger partial charge >= 0.3 is 11.8 Å². The van der Waals surface area contributed by atoms with E-state index in [4.69, 9.17) is 0 Å². The highest BCUT2D eigenvalue weighted by atomic mass is 16.2. The third-order valence-corrected chi connectivity index (χ3v) is 4.01. The van der Waals surface area contributed by atoms with Gasteiger partial charge in [0.05, 0.1) is 0 Å². The summed E-state index contributed by atoms with van der Waals surface area (Å²) in [4.78, 5) is 24.1. The van der Waals surface area contributed by atoms with Crippen LogP contribution in [-0.2, 0) is 22.6 Å². The number of aryl methyl sites for hydroxylation is 4. The van der Waals surface area contributed by atoms with Gasteiger partial charge in [0.1, 0.15) is 0 Å². The summed E-state index contributed by atoms with van der Waals surface area (Å²) >= 11 is 0. The smallest absolute Gasteiger partial charge is 0.313 e. The van der Waals surface area contributed by atoms with Gasteiger partial charge in [-0.05, 0) is 49.4 Å². The number of hydrogen-bond acceptors (Lipinski definition) is 2. The van der Waals surface area contributed by atoms with Gasteiger partial charge in [-0.1, -0.05) is 48.9 Å². The molecule has 2 aromatic carbocycles. The molecule has 0 saturated heterocycles. The van der Waals surface area contributed by atoms with Crippen LogP contribution in [0.15, 0.2) is 36.4 Å². The molecule has 0 bridgehead atoms. The molecule has 0 aromatic heterocycles. The van der Waals surface area contributed by atoms with Crippen molar-refractivity contribution < 1.29 is 9.59 Å². The van der Waals surface area contributed by atoms with Crippen LogP contribution >= 0.6 is 0 Å². The summed E-state index contributed by atoms with van der Waals surface area (Å²) in [6.07, 6.45) is 0.976. The Kier molecular flexibility index (Phi) is 5.74. The highest BCUT2D eigenvalue weighted by Crippen LogP contribution is 2.21. The van der Waals surface area contributed by atoms with E-state index in [1.807, 2.05) is 57.2 Å². The van der Waals surface area contributed by atoms with Gasteiger partial charge < -0.3 is 10.6 Å². The van der Waals surface area contributed by atoms with E-state index >= 15 is 0 Å². The van der Waals surface area contributed by atoms with Crippen molar-refractivity contribution in [3.63, 3.8) is 0 Å². The molecule has 4 nitrogen and oxygen atoms in total. The third kappa shape index (κ3) is 4.44. The fraction of sp³-hybridized carbons (Fsp3) is 0.300. The SMILES string of the molecule is CCc1ccc(CNC(=O)C(=O)Nc2c(C)cc(C)cc2C)cc1. The van der Waals surface area contributed by atoms with Gasteiger partial charge in [-0.3, -0.25) is 9.59 Å². The van der Waals surface area contributed by atoms with Crippen LogP contribution in [0.4, 0.5) is 5.69 Å². The van der Waals surface area contributed by atoms with Crippen molar-refractivity contribution in [2.45, 2.75) is 40.7 Å². The predicted octanol–water partition coefficient (Wildman–Crippen LogP) is 3.43.